The molecule has 1 heterocycles. The molecule has 2 amide bonds. The van der Waals surface area contributed by atoms with E-state index in [1.54, 1.807) is 0 Å². The topological polar surface area (TPSA) is 57.6 Å². The van der Waals surface area contributed by atoms with Crippen molar-refractivity contribution in [3.63, 3.8) is 0 Å². The molecule has 2 aromatic rings. The number of carbonyl (C=O) groups is 1. The minimum Gasteiger partial charge on any atom is -0.353 e. The third kappa shape index (κ3) is 3.38. The lowest BCUT2D eigenvalue weighted by Crippen LogP contribution is -2.14. The number of para-hydroxylation sites is 1. The number of nitrogens with zero attached hydrogens (tertiary/aromatic N) is 3. The number of nitrogens with one attached hydrogen (secondary N) is 1. The van der Waals surface area contributed by atoms with Gasteiger partial charge in [0.25, 0.3) is 0 Å². The number of benzene rings is 1. The standard InChI is InChI=1S/C11H12N4OS2/c1-15(2)11-14-10(17-18-11)13-9(16)12-8-6-4-3-5-7-8/h3-7H,1-2H3,(H,12,16). The van der Waals surface area contributed by atoms with Crippen LogP contribution < -0.4 is 15.0 Å². The van der Waals surface area contributed by atoms with Gasteiger partial charge in [0, 0.05) is 19.8 Å². The predicted octanol–water partition coefficient (Wildman–Crippen LogP) is 2.40. The molecule has 94 valence electrons. The zero-order valence-electron chi connectivity index (χ0n) is 9.95. The van der Waals surface area contributed by atoms with Gasteiger partial charge in [-0.25, -0.2) is 4.79 Å². The molecule has 0 aliphatic rings. The smallest absolute Gasteiger partial charge is 0.348 e. The Kier molecular flexibility index (Phi) is 4.06. The number of anilines is 2. The lowest BCUT2D eigenvalue weighted by Gasteiger charge is -2.03. The van der Waals surface area contributed by atoms with Gasteiger partial charge in [0.2, 0.25) is 4.80 Å². The van der Waals surface area contributed by atoms with Gasteiger partial charge in [-0.3, -0.25) is 0 Å². The van der Waals surface area contributed by atoms with Crippen molar-refractivity contribution >= 4 is 37.5 Å². The zero-order chi connectivity index (χ0) is 13.0. The SMILES string of the molecule is CN(C)c1nc(=NC(=O)Nc2ccccc2)ss1. The van der Waals surface area contributed by atoms with Crippen LogP contribution in [0.3, 0.4) is 0 Å². The van der Waals surface area contributed by atoms with Gasteiger partial charge in [-0.1, -0.05) is 18.2 Å². The molecule has 5 nitrogen and oxygen atoms in total. The van der Waals surface area contributed by atoms with Crippen LogP contribution in [0, 0.1) is 0 Å². The zero-order valence-corrected chi connectivity index (χ0v) is 11.6. The molecule has 18 heavy (non-hydrogen) atoms. The van der Waals surface area contributed by atoms with Crippen LogP contribution in [-0.4, -0.2) is 25.1 Å². The third-order valence-electron chi connectivity index (χ3n) is 1.99. The van der Waals surface area contributed by atoms with Gasteiger partial charge < -0.3 is 10.2 Å². The van der Waals surface area contributed by atoms with Crippen LogP contribution in [0.1, 0.15) is 0 Å². The number of aromatic nitrogens is 1. The van der Waals surface area contributed by atoms with E-state index in [0.29, 0.717) is 4.80 Å². The maximum absolute atomic E-state index is 11.6. The summed E-state index contributed by atoms with van der Waals surface area (Å²) in [6.45, 7) is 0. The van der Waals surface area contributed by atoms with Crippen LogP contribution in [0.2, 0.25) is 0 Å². The molecule has 1 aromatic carbocycles. The van der Waals surface area contributed by atoms with E-state index >= 15 is 0 Å². The summed E-state index contributed by atoms with van der Waals surface area (Å²) in [5.41, 5.74) is 0.722. The molecule has 0 unspecified atom stereocenters. The predicted molar refractivity (Wildman–Crippen MR) is 75.3 cm³/mol. The highest BCUT2D eigenvalue weighted by Gasteiger charge is 2.03. The summed E-state index contributed by atoms with van der Waals surface area (Å²) in [4.78, 5) is 22.1. The number of urea groups is 1. The normalized spacial score (nSPS) is 11.3. The van der Waals surface area contributed by atoms with Crippen LogP contribution in [-0.2, 0) is 0 Å². The fourth-order valence-electron chi connectivity index (χ4n) is 1.17. The highest BCUT2D eigenvalue weighted by atomic mass is 32.9. The Morgan fingerprint density at radius 1 is 1.28 bits per heavy atom. The second-order valence-electron chi connectivity index (χ2n) is 3.65. The second kappa shape index (κ2) is 5.74. The van der Waals surface area contributed by atoms with Crippen LogP contribution in [0.15, 0.2) is 35.3 Å². The van der Waals surface area contributed by atoms with Gasteiger partial charge >= 0.3 is 6.03 Å². The highest BCUT2D eigenvalue weighted by Crippen LogP contribution is 2.15. The summed E-state index contributed by atoms with van der Waals surface area (Å²) in [5, 5.41) is 3.52. The van der Waals surface area contributed by atoms with Gasteiger partial charge in [-0.05, 0) is 32.8 Å². The van der Waals surface area contributed by atoms with Crippen molar-refractivity contribution in [1.82, 2.24) is 4.98 Å². The third-order valence-corrected chi connectivity index (χ3v) is 4.15. The number of carbonyl (C=O) groups excluding carboxylic acids is 1. The van der Waals surface area contributed by atoms with E-state index in [9.17, 15) is 4.79 Å². The number of rotatable bonds is 2. The largest absolute Gasteiger partial charge is 0.353 e. The Labute approximate surface area is 112 Å². The van der Waals surface area contributed by atoms with E-state index in [0.717, 1.165) is 10.8 Å². The van der Waals surface area contributed by atoms with Crippen molar-refractivity contribution in [3.05, 3.63) is 35.1 Å². The van der Waals surface area contributed by atoms with Crippen molar-refractivity contribution in [2.24, 2.45) is 4.99 Å². The molecule has 0 radical (unpaired) electrons. The number of hydrogen-bond acceptors (Lipinski definition) is 5. The Morgan fingerprint density at radius 2 is 2.00 bits per heavy atom. The lowest BCUT2D eigenvalue weighted by molar-refractivity contribution is 0.259. The number of hydrogen-bond donors (Lipinski definition) is 1. The molecule has 0 bridgehead atoms. The molecule has 0 aliphatic carbocycles. The quantitative estimate of drug-likeness (QED) is 0.859. The van der Waals surface area contributed by atoms with Crippen molar-refractivity contribution in [1.29, 1.82) is 0 Å². The van der Waals surface area contributed by atoms with E-state index in [4.69, 9.17) is 0 Å². The average Bonchev–Trinajstić information content (AvgIpc) is 2.78. The lowest BCUT2D eigenvalue weighted by atomic mass is 10.3. The summed E-state index contributed by atoms with van der Waals surface area (Å²) in [6, 6.07) is 8.80. The summed E-state index contributed by atoms with van der Waals surface area (Å²) in [7, 11) is 6.67. The molecule has 0 fully saturated rings. The maximum Gasteiger partial charge on any atom is 0.348 e. The van der Waals surface area contributed by atoms with E-state index in [2.05, 4.69) is 15.3 Å². The average molecular weight is 280 g/mol. The summed E-state index contributed by atoms with van der Waals surface area (Å²) in [6.07, 6.45) is 0. The van der Waals surface area contributed by atoms with Gasteiger partial charge in [-0.2, -0.15) is 9.98 Å². The fraction of sp³-hybridized carbons (Fsp3) is 0.182. The molecule has 0 saturated heterocycles. The van der Waals surface area contributed by atoms with Crippen LogP contribution in [0.25, 0.3) is 0 Å². The van der Waals surface area contributed by atoms with Gasteiger partial charge in [-0.15, -0.1) is 0 Å². The Morgan fingerprint density at radius 3 is 2.61 bits per heavy atom. The van der Waals surface area contributed by atoms with E-state index in [-0.39, 0.29) is 0 Å². The summed E-state index contributed by atoms with van der Waals surface area (Å²) < 4.78 is 0. The van der Waals surface area contributed by atoms with Gasteiger partial charge in [0.05, 0.1) is 0 Å². The Bertz CT molecular complexity index is 588. The number of amides is 2. The molecular weight excluding hydrogens is 268 g/mol. The molecule has 0 spiro atoms. The molecule has 2 rings (SSSR count). The van der Waals surface area contributed by atoms with Crippen LogP contribution in [0.4, 0.5) is 15.6 Å². The molecule has 7 heteroatoms. The highest BCUT2D eigenvalue weighted by molar-refractivity contribution is 7.69. The molecule has 0 aliphatic heterocycles. The first-order valence-corrected chi connectivity index (χ1v) is 7.35. The summed E-state index contributed by atoms with van der Waals surface area (Å²) >= 11 is 0. The molecule has 0 atom stereocenters. The van der Waals surface area contributed by atoms with E-state index < -0.39 is 6.03 Å². The maximum atomic E-state index is 11.6. The van der Waals surface area contributed by atoms with Crippen molar-refractivity contribution in [2.45, 2.75) is 0 Å². The van der Waals surface area contributed by atoms with Crippen LogP contribution in [0.5, 0.6) is 0 Å². The fourth-order valence-corrected chi connectivity index (χ4v) is 3.12. The molecule has 1 aromatic heterocycles. The van der Waals surface area contributed by atoms with Crippen molar-refractivity contribution in [3.8, 4) is 0 Å². The second-order valence-corrected chi connectivity index (χ2v) is 5.71. The minimum atomic E-state index is -0.409. The molecule has 1 N–H and O–H groups in total. The summed E-state index contributed by atoms with van der Waals surface area (Å²) in [5.74, 6) is 0. The van der Waals surface area contributed by atoms with E-state index in [1.165, 1.54) is 20.7 Å². The monoisotopic (exact) mass is 280 g/mol. The van der Waals surface area contributed by atoms with Gasteiger partial charge in [0.15, 0.2) is 5.13 Å². The molecular formula is C11H12N4OS2. The van der Waals surface area contributed by atoms with E-state index in [1.807, 2.05) is 49.3 Å². The minimum absolute atomic E-state index is 0.409. The van der Waals surface area contributed by atoms with Gasteiger partial charge in [0.1, 0.15) is 0 Å². The first-order chi connectivity index (χ1) is 8.65. The first kappa shape index (κ1) is 12.7. The Balaban J connectivity index is 2.10. The van der Waals surface area contributed by atoms with Crippen molar-refractivity contribution in [2.75, 3.05) is 24.3 Å². The Hall–Kier alpha value is -1.73. The molecule has 0 saturated carbocycles. The van der Waals surface area contributed by atoms with Crippen molar-refractivity contribution < 1.29 is 4.79 Å². The first-order valence-electron chi connectivity index (χ1n) is 5.20. The van der Waals surface area contributed by atoms with Crippen LogP contribution >= 0.6 is 20.7 Å².